The van der Waals surface area contributed by atoms with Gasteiger partial charge < -0.3 is 39.4 Å². The first-order valence-electron chi connectivity index (χ1n) is 9.79. The molecule has 0 spiro atoms. The maximum Gasteiger partial charge on any atom is 0.162 e. The van der Waals surface area contributed by atoms with Crippen LogP contribution in [0.1, 0.15) is 29.0 Å². The van der Waals surface area contributed by atoms with Gasteiger partial charge in [0.2, 0.25) is 0 Å². The standard InChI is InChI=1S/C23H23NO8/c1-29-15-5-4-13(24-10-15)11-31-18-7-12(3-6-17(18)30-2)23-22(28)21(27)20-16(26)8-14(25)9-19(20)32-23/h3-10,21-23,25-28H,11H2,1-2H3. The maximum absolute atomic E-state index is 10.7. The fraction of sp³-hybridized carbons (Fsp3) is 0.261. The predicted molar refractivity (Wildman–Crippen MR) is 112 cm³/mol. The highest BCUT2D eigenvalue weighted by Crippen LogP contribution is 2.47. The summed E-state index contributed by atoms with van der Waals surface area (Å²) < 4.78 is 22.2. The molecule has 9 heteroatoms. The molecule has 0 radical (unpaired) electrons. The molecule has 4 rings (SSSR count). The Morgan fingerprint density at radius 3 is 2.47 bits per heavy atom. The van der Waals surface area contributed by atoms with Crippen LogP contribution in [-0.2, 0) is 6.61 Å². The number of benzene rings is 2. The molecule has 0 bridgehead atoms. The van der Waals surface area contributed by atoms with E-state index in [1.54, 1.807) is 43.6 Å². The summed E-state index contributed by atoms with van der Waals surface area (Å²) in [4.78, 5) is 4.26. The van der Waals surface area contributed by atoms with Crippen molar-refractivity contribution in [2.45, 2.75) is 24.9 Å². The van der Waals surface area contributed by atoms with E-state index in [0.717, 1.165) is 6.07 Å². The molecule has 0 fully saturated rings. The number of rotatable bonds is 6. The summed E-state index contributed by atoms with van der Waals surface area (Å²) in [7, 11) is 3.06. The third kappa shape index (κ3) is 4.08. The van der Waals surface area contributed by atoms with Crippen molar-refractivity contribution in [3.8, 4) is 34.5 Å². The highest BCUT2D eigenvalue weighted by atomic mass is 16.5. The molecule has 1 aromatic heterocycles. The van der Waals surface area contributed by atoms with Crippen LogP contribution in [-0.4, -0.2) is 45.7 Å². The van der Waals surface area contributed by atoms with Crippen molar-refractivity contribution < 1.29 is 39.4 Å². The number of hydrogen-bond acceptors (Lipinski definition) is 9. The number of aromatic hydroxyl groups is 2. The molecule has 3 atom stereocenters. The van der Waals surface area contributed by atoms with Gasteiger partial charge in [-0.2, -0.15) is 0 Å². The summed E-state index contributed by atoms with van der Waals surface area (Å²) in [6, 6.07) is 10.9. The number of aliphatic hydroxyl groups is 2. The molecule has 0 saturated heterocycles. The first-order chi connectivity index (χ1) is 15.4. The van der Waals surface area contributed by atoms with Gasteiger partial charge in [0, 0.05) is 12.1 Å². The topological polar surface area (TPSA) is 131 Å². The summed E-state index contributed by atoms with van der Waals surface area (Å²) >= 11 is 0. The molecule has 1 aliphatic rings. The van der Waals surface area contributed by atoms with E-state index in [0.29, 0.717) is 28.5 Å². The second kappa shape index (κ2) is 8.81. The van der Waals surface area contributed by atoms with Crippen molar-refractivity contribution in [1.29, 1.82) is 0 Å². The van der Waals surface area contributed by atoms with Gasteiger partial charge in [-0.05, 0) is 29.8 Å². The lowest BCUT2D eigenvalue weighted by atomic mass is 9.91. The smallest absolute Gasteiger partial charge is 0.162 e. The summed E-state index contributed by atoms with van der Waals surface area (Å²) in [6.07, 6.45) is -2.18. The summed E-state index contributed by atoms with van der Waals surface area (Å²) in [5.74, 6) is 0.963. The molecule has 0 aliphatic carbocycles. The van der Waals surface area contributed by atoms with Gasteiger partial charge in [0.1, 0.15) is 41.8 Å². The number of aromatic nitrogens is 1. The molecule has 0 saturated carbocycles. The van der Waals surface area contributed by atoms with Crippen LogP contribution in [0.2, 0.25) is 0 Å². The SMILES string of the molecule is COc1ccc(COc2cc(C3Oc4cc(O)cc(O)c4C(O)C3O)ccc2OC)nc1. The Hall–Kier alpha value is -3.69. The third-order valence-corrected chi connectivity index (χ3v) is 5.21. The van der Waals surface area contributed by atoms with E-state index in [4.69, 9.17) is 18.9 Å². The van der Waals surface area contributed by atoms with Gasteiger partial charge in [-0.25, -0.2) is 0 Å². The molecule has 2 aromatic carbocycles. The largest absolute Gasteiger partial charge is 0.508 e. The van der Waals surface area contributed by atoms with Crippen molar-refractivity contribution in [3.05, 3.63) is 65.5 Å². The molecule has 2 heterocycles. The highest BCUT2D eigenvalue weighted by Gasteiger charge is 2.39. The van der Waals surface area contributed by atoms with Gasteiger partial charge in [0.05, 0.1) is 31.7 Å². The Kier molecular flexibility index (Phi) is 5.93. The summed E-state index contributed by atoms with van der Waals surface area (Å²) in [5.41, 5.74) is 1.19. The first-order valence-corrected chi connectivity index (χ1v) is 9.79. The number of methoxy groups -OCH3 is 2. The molecular formula is C23H23NO8. The number of ether oxygens (including phenoxy) is 4. The molecule has 3 aromatic rings. The zero-order chi connectivity index (χ0) is 22.8. The van der Waals surface area contributed by atoms with E-state index in [1.165, 1.54) is 13.2 Å². The molecule has 4 N–H and O–H groups in total. The van der Waals surface area contributed by atoms with Crippen molar-refractivity contribution in [2.24, 2.45) is 0 Å². The summed E-state index contributed by atoms with van der Waals surface area (Å²) in [5, 5.41) is 41.0. The Labute approximate surface area is 184 Å². The molecule has 32 heavy (non-hydrogen) atoms. The van der Waals surface area contributed by atoms with Gasteiger partial charge in [-0.1, -0.05) is 6.07 Å². The minimum absolute atomic E-state index is 0.0158. The van der Waals surface area contributed by atoms with Crippen molar-refractivity contribution in [3.63, 3.8) is 0 Å². The van der Waals surface area contributed by atoms with E-state index >= 15 is 0 Å². The van der Waals surface area contributed by atoms with Crippen LogP contribution in [0.15, 0.2) is 48.7 Å². The van der Waals surface area contributed by atoms with Gasteiger partial charge in [-0.3, -0.25) is 4.98 Å². The Morgan fingerprint density at radius 1 is 0.969 bits per heavy atom. The van der Waals surface area contributed by atoms with Crippen LogP contribution in [0.3, 0.4) is 0 Å². The number of pyridine rings is 1. The Balaban J connectivity index is 1.61. The quantitative estimate of drug-likeness (QED) is 0.456. The normalized spacial score (nSPS) is 19.6. The van der Waals surface area contributed by atoms with Crippen LogP contribution in [0.25, 0.3) is 0 Å². The number of fused-ring (bicyclic) bond motifs is 1. The minimum atomic E-state index is -1.42. The molecule has 168 valence electrons. The second-order valence-corrected chi connectivity index (χ2v) is 7.24. The van der Waals surface area contributed by atoms with E-state index in [2.05, 4.69) is 4.98 Å². The maximum atomic E-state index is 10.7. The second-order valence-electron chi connectivity index (χ2n) is 7.24. The van der Waals surface area contributed by atoms with E-state index in [1.807, 2.05) is 0 Å². The van der Waals surface area contributed by atoms with E-state index < -0.39 is 18.3 Å². The van der Waals surface area contributed by atoms with E-state index in [-0.39, 0.29) is 29.4 Å². The fourth-order valence-corrected chi connectivity index (χ4v) is 3.55. The van der Waals surface area contributed by atoms with Crippen LogP contribution < -0.4 is 18.9 Å². The Bertz CT molecular complexity index is 1100. The fourth-order valence-electron chi connectivity index (χ4n) is 3.55. The lowest BCUT2D eigenvalue weighted by Gasteiger charge is -2.35. The summed E-state index contributed by atoms with van der Waals surface area (Å²) in [6.45, 7) is 0.158. The average Bonchev–Trinajstić information content (AvgIpc) is 2.79. The zero-order valence-electron chi connectivity index (χ0n) is 17.4. The number of phenols is 2. The van der Waals surface area contributed by atoms with E-state index in [9.17, 15) is 20.4 Å². The van der Waals surface area contributed by atoms with Crippen LogP contribution in [0.4, 0.5) is 0 Å². The number of phenolic OH excluding ortho intramolecular Hbond substituents is 2. The van der Waals surface area contributed by atoms with Gasteiger partial charge in [0.15, 0.2) is 17.6 Å². The van der Waals surface area contributed by atoms with Crippen molar-refractivity contribution in [2.75, 3.05) is 14.2 Å². The number of nitrogens with zero attached hydrogens (tertiary/aromatic N) is 1. The predicted octanol–water partition coefficient (Wildman–Crippen LogP) is 2.62. The number of aliphatic hydroxyl groups excluding tert-OH is 2. The van der Waals surface area contributed by atoms with Crippen molar-refractivity contribution in [1.82, 2.24) is 4.98 Å². The van der Waals surface area contributed by atoms with Crippen LogP contribution in [0, 0.1) is 0 Å². The monoisotopic (exact) mass is 441 g/mol. The lowest BCUT2D eigenvalue weighted by Crippen LogP contribution is -2.34. The minimum Gasteiger partial charge on any atom is -0.508 e. The third-order valence-electron chi connectivity index (χ3n) is 5.21. The first kappa shape index (κ1) is 21.5. The Morgan fingerprint density at radius 2 is 1.78 bits per heavy atom. The molecule has 9 nitrogen and oxygen atoms in total. The molecule has 0 amide bonds. The molecular weight excluding hydrogens is 418 g/mol. The van der Waals surface area contributed by atoms with Crippen LogP contribution in [0.5, 0.6) is 34.5 Å². The number of hydrogen-bond donors (Lipinski definition) is 4. The average molecular weight is 441 g/mol. The lowest BCUT2D eigenvalue weighted by molar-refractivity contribution is -0.0711. The van der Waals surface area contributed by atoms with Gasteiger partial charge >= 0.3 is 0 Å². The van der Waals surface area contributed by atoms with Gasteiger partial charge in [-0.15, -0.1) is 0 Å². The van der Waals surface area contributed by atoms with Crippen LogP contribution >= 0.6 is 0 Å². The zero-order valence-corrected chi connectivity index (χ0v) is 17.4. The molecule has 3 unspecified atom stereocenters. The van der Waals surface area contributed by atoms with Gasteiger partial charge in [0.25, 0.3) is 0 Å². The highest BCUT2D eigenvalue weighted by molar-refractivity contribution is 5.53. The molecule has 1 aliphatic heterocycles. The van der Waals surface area contributed by atoms with Crippen molar-refractivity contribution >= 4 is 0 Å².